The molecule has 1 heterocycles. The molecule has 17 heavy (non-hydrogen) atoms. The summed E-state index contributed by atoms with van der Waals surface area (Å²) in [6.45, 7) is 7.23. The number of thiophene rings is 1. The van der Waals surface area contributed by atoms with Crippen molar-refractivity contribution in [2.24, 2.45) is 5.92 Å². The molecule has 0 fully saturated rings. The normalized spacial score (nSPS) is 15.0. The number of ether oxygens (including phenoxy) is 1. The lowest BCUT2D eigenvalue weighted by Gasteiger charge is -2.27. The summed E-state index contributed by atoms with van der Waals surface area (Å²) in [5, 5.41) is 14.2. The lowest BCUT2D eigenvalue weighted by atomic mass is 9.93. The molecule has 0 amide bonds. The van der Waals surface area contributed by atoms with E-state index in [-0.39, 0.29) is 5.92 Å². The summed E-state index contributed by atoms with van der Waals surface area (Å²) in [5.41, 5.74) is -0.668. The molecule has 5 heteroatoms. The van der Waals surface area contributed by atoms with E-state index in [2.05, 4.69) is 21.2 Å². The second-order valence-corrected chi connectivity index (χ2v) is 6.62. The maximum absolute atomic E-state index is 10.1. The molecule has 0 spiro atoms. The van der Waals surface area contributed by atoms with Gasteiger partial charge in [0.25, 0.3) is 0 Å². The monoisotopic (exact) mass is 321 g/mol. The third kappa shape index (κ3) is 4.25. The van der Waals surface area contributed by atoms with Crippen LogP contribution < -0.4 is 10.1 Å². The molecule has 0 saturated heterocycles. The number of rotatable bonds is 6. The van der Waals surface area contributed by atoms with E-state index in [1.165, 1.54) is 4.88 Å². The zero-order valence-corrected chi connectivity index (χ0v) is 13.1. The predicted octanol–water partition coefficient (Wildman–Crippen LogP) is 3.02. The van der Waals surface area contributed by atoms with Gasteiger partial charge in [0.1, 0.15) is 0 Å². The Bertz CT molecular complexity index is 363. The SMILES string of the molecule is COc1sc(CNCC(C)(O)C(C)C)cc1Br. The summed E-state index contributed by atoms with van der Waals surface area (Å²) in [7, 11) is 1.66. The van der Waals surface area contributed by atoms with Crippen molar-refractivity contribution in [3.63, 3.8) is 0 Å². The van der Waals surface area contributed by atoms with Crippen molar-refractivity contribution in [2.45, 2.75) is 32.9 Å². The van der Waals surface area contributed by atoms with Crippen molar-refractivity contribution in [3.05, 3.63) is 15.4 Å². The van der Waals surface area contributed by atoms with Gasteiger partial charge in [-0.15, -0.1) is 11.3 Å². The number of hydrogen-bond acceptors (Lipinski definition) is 4. The third-order valence-corrected chi connectivity index (χ3v) is 4.87. The molecule has 1 aromatic rings. The van der Waals surface area contributed by atoms with Crippen LogP contribution >= 0.6 is 27.3 Å². The van der Waals surface area contributed by atoms with E-state index in [4.69, 9.17) is 4.74 Å². The molecule has 1 atom stereocenters. The van der Waals surface area contributed by atoms with Crippen molar-refractivity contribution in [2.75, 3.05) is 13.7 Å². The van der Waals surface area contributed by atoms with Gasteiger partial charge in [-0.1, -0.05) is 13.8 Å². The van der Waals surface area contributed by atoms with Gasteiger partial charge in [0.2, 0.25) is 0 Å². The highest BCUT2D eigenvalue weighted by Gasteiger charge is 2.24. The highest BCUT2D eigenvalue weighted by molar-refractivity contribution is 9.10. The highest BCUT2D eigenvalue weighted by Crippen LogP contribution is 2.34. The van der Waals surface area contributed by atoms with Crippen LogP contribution in [0.2, 0.25) is 0 Å². The molecule has 0 radical (unpaired) electrons. The van der Waals surface area contributed by atoms with Crippen LogP contribution in [0.4, 0.5) is 0 Å². The molecule has 1 rings (SSSR count). The Balaban J connectivity index is 2.46. The van der Waals surface area contributed by atoms with E-state index in [9.17, 15) is 5.11 Å². The van der Waals surface area contributed by atoms with Gasteiger partial charge >= 0.3 is 0 Å². The summed E-state index contributed by atoms with van der Waals surface area (Å²) in [6, 6.07) is 2.04. The smallest absolute Gasteiger partial charge is 0.188 e. The summed E-state index contributed by atoms with van der Waals surface area (Å²) >= 11 is 5.05. The molecule has 1 aromatic heterocycles. The zero-order chi connectivity index (χ0) is 13.1. The maximum atomic E-state index is 10.1. The minimum atomic E-state index is -0.668. The number of aliphatic hydroxyl groups is 1. The van der Waals surface area contributed by atoms with Gasteiger partial charge < -0.3 is 15.2 Å². The third-order valence-electron chi connectivity index (χ3n) is 2.92. The minimum Gasteiger partial charge on any atom is -0.486 e. The van der Waals surface area contributed by atoms with Crippen molar-refractivity contribution >= 4 is 27.3 Å². The standard InChI is InChI=1S/C12H20BrNO2S/c1-8(2)12(3,15)7-14-6-9-5-10(13)11(16-4)17-9/h5,8,14-15H,6-7H2,1-4H3. The maximum Gasteiger partial charge on any atom is 0.188 e. The van der Waals surface area contributed by atoms with Gasteiger partial charge in [0.05, 0.1) is 17.2 Å². The number of hydrogen-bond donors (Lipinski definition) is 2. The second kappa shape index (κ2) is 6.18. The lowest BCUT2D eigenvalue weighted by molar-refractivity contribution is 0.0140. The van der Waals surface area contributed by atoms with Crippen molar-refractivity contribution < 1.29 is 9.84 Å². The molecule has 0 aliphatic rings. The van der Waals surface area contributed by atoms with E-state index < -0.39 is 5.60 Å². The Kier molecular flexibility index (Phi) is 5.44. The number of methoxy groups -OCH3 is 1. The van der Waals surface area contributed by atoms with Crippen molar-refractivity contribution in [1.82, 2.24) is 5.32 Å². The highest BCUT2D eigenvalue weighted by atomic mass is 79.9. The molecule has 0 aliphatic heterocycles. The Morgan fingerprint density at radius 2 is 2.24 bits per heavy atom. The van der Waals surface area contributed by atoms with Gasteiger partial charge in [-0.3, -0.25) is 0 Å². The van der Waals surface area contributed by atoms with Gasteiger partial charge in [0, 0.05) is 18.0 Å². The van der Waals surface area contributed by atoms with E-state index >= 15 is 0 Å². The fourth-order valence-corrected chi connectivity index (χ4v) is 2.93. The van der Waals surface area contributed by atoms with Crippen LogP contribution in [-0.4, -0.2) is 24.4 Å². The Hall–Kier alpha value is -0.100. The van der Waals surface area contributed by atoms with E-state index in [0.717, 1.165) is 16.1 Å². The van der Waals surface area contributed by atoms with Crippen LogP contribution in [0.3, 0.4) is 0 Å². The van der Waals surface area contributed by atoms with Crippen LogP contribution in [0.15, 0.2) is 10.5 Å². The second-order valence-electron chi connectivity index (χ2n) is 4.67. The van der Waals surface area contributed by atoms with Crippen LogP contribution in [-0.2, 0) is 6.54 Å². The van der Waals surface area contributed by atoms with Gasteiger partial charge in [0.15, 0.2) is 5.06 Å². The molecule has 0 bridgehead atoms. The molecule has 0 aliphatic carbocycles. The van der Waals surface area contributed by atoms with Gasteiger partial charge in [-0.2, -0.15) is 0 Å². The minimum absolute atomic E-state index is 0.236. The molecule has 0 aromatic carbocycles. The van der Waals surface area contributed by atoms with Gasteiger partial charge in [-0.05, 0) is 34.8 Å². The number of halogens is 1. The molecular formula is C12H20BrNO2S. The summed E-state index contributed by atoms with van der Waals surface area (Å²) < 4.78 is 6.19. The average Bonchev–Trinajstić information content (AvgIpc) is 2.58. The molecule has 98 valence electrons. The molecular weight excluding hydrogens is 302 g/mol. The Morgan fingerprint density at radius 3 is 2.71 bits per heavy atom. The van der Waals surface area contributed by atoms with Crippen molar-refractivity contribution in [3.8, 4) is 5.06 Å². The van der Waals surface area contributed by atoms with Crippen LogP contribution in [0.5, 0.6) is 5.06 Å². The quantitative estimate of drug-likeness (QED) is 0.846. The molecule has 1 unspecified atom stereocenters. The lowest BCUT2D eigenvalue weighted by Crippen LogP contribution is -2.41. The average molecular weight is 322 g/mol. The fraction of sp³-hybridized carbons (Fsp3) is 0.667. The topological polar surface area (TPSA) is 41.5 Å². The van der Waals surface area contributed by atoms with E-state index in [0.29, 0.717) is 6.54 Å². The first-order valence-electron chi connectivity index (χ1n) is 5.62. The molecule has 0 saturated carbocycles. The molecule has 2 N–H and O–H groups in total. The predicted molar refractivity (Wildman–Crippen MR) is 75.7 cm³/mol. The summed E-state index contributed by atoms with van der Waals surface area (Å²) in [5.74, 6) is 0.236. The number of nitrogens with one attached hydrogen (secondary N) is 1. The summed E-state index contributed by atoms with van der Waals surface area (Å²) in [6.07, 6.45) is 0. The first kappa shape index (κ1) is 15.0. The van der Waals surface area contributed by atoms with E-state index in [1.807, 2.05) is 26.8 Å². The van der Waals surface area contributed by atoms with Crippen LogP contribution in [0.1, 0.15) is 25.6 Å². The first-order chi connectivity index (χ1) is 7.86. The van der Waals surface area contributed by atoms with E-state index in [1.54, 1.807) is 18.4 Å². The first-order valence-corrected chi connectivity index (χ1v) is 7.23. The zero-order valence-electron chi connectivity index (χ0n) is 10.7. The van der Waals surface area contributed by atoms with Crippen molar-refractivity contribution in [1.29, 1.82) is 0 Å². The Labute approximate surface area is 115 Å². The Morgan fingerprint density at radius 1 is 1.59 bits per heavy atom. The van der Waals surface area contributed by atoms with Crippen LogP contribution in [0.25, 0.3) is 0 Å². The van der Waals surface area contributed by atoms with Crippen LogP contribution in [0, 0.1) is 5.92 Å². The molecule has 3 nitrogen and oxygen atoms in total. The van der Waals surface area contributed by atoms with Gasteiger partial charge in [-0.25, -0.2) is 0 Å². The summed E-state index contributed by atoms with van der Waals surface area (Å²) in [4.78, 5) is 1.19. The fourth-order valence-electron chi connectivity index (χ4n) is 1.27. The largest absolute Gasteiger partial charge is 0.486 e.